The average Bonchev–Trinajstić information content (AvgIpc) is 2.84. The molecule has 0 heterocycles. The van der Waals surface area contributed by atoms with Gasteiger partial charge in [0.25, 0.3) is 0 Å². The Bertz CT molecular complexity index is 474. The van der Waals surface area contributed by atoms with Gasteiger partial charge in [-0.05, 0) is 0 Å². The molecule has 1 aromatic rings. The summed E-state index contributed by atoms with van der Waals surface area (Å²) in [6, 6.07) is 10.9. The van der Waals surface area contributed by atoms with Gasteiger partial charge < -0.3 is 24.8 Å². The number of allylic oxidation sites excluding steroid dienone is 4. The number of benzene rings is 1. The second-order valence-corrected chi connectivity index (χ2v) is 12.7. The van der Waals surface area contributed by atoms with Crippen LogP contribution >= 0.6 is 6.57 Å². The van der Waals surface area contributed by atoms with Crippen molar-refractivity contribution in [2.45, 2.75) is 26.4 Å². The normalized spacial score (nSPS) is 12.4. The molecule has 0 fully saturated rings. The van der Waals surface area contributed by atoms with Crippen LogP contribution in [0.25, 0.3) is 0 Å². The molecule has 2 rings (SSSR count). The Morgan fingerprint density at radius 2 is 1.84 bits per heavy atom. The van der Waals surface area contributed by atoms with Crippen molar-refractivity contribution in [3.8, 4) is 0 Å². The minimum Gasteiger partial charge on any atom is -1.00 e. The average molecular weight is 349 g/mol. The molecular formula is C15H19Cl2PTi. The maximum Gasteiger partial charge on any atom is -1.00 e. The van der Waals surface area contributed by atoms with Crippen LogP contribution in [0, 0.1) is 0 Å². The van der Waals surface area contributed by atoms with Crippen molar-refractivity contribution in [1.82, 2.24) is 0 Å². The van der Waals surface area contributed by atoms with E-state index in [0.717, 1.165) is 6.57 Å². The molecule has 0 saturated carbocycles. The van der Waals surface area contributed by atoms with E-state index in [4.69, 9.17) is 0 Å². The van der Waals surface area contributed by atoms with E-state index < -0.39 is 16.9 Å². The molecule has 0 saturated heterocycles. The summed E-state index contributed by atoms with van der Waals surface area (Å²) in [6.45, 7) is 5.82. The second kappa shape index (κ2) is 10.1. The molecule has 0 bridgehead atoms. The van der Waals surface area contributed by atoms with Crippen molar-refractivity contribution in [3.63, 3.8) is 0 Å². The summed E-state index contributed by atoms with van der Waals surface area (Å²) in [5, 5.41) is 0. The van der Waals surface area contributed by atoms with Gasteiger partial charge in [-0.15, -0.1) is 0 Å². The summed E-state index contributed by atoms with van der Waals surface area (Å²) in [7, 11) is 0. The topological polar surface area (TPSA) is 0 Å². The van der Waals surface area contributed by atoms with Crippen molar-refractivity contribution < 1.29 is 41.7 Å². The van der Waals surface area contributed by atoms with Crippen LogP contribution in [0.5, 0.6) is 0 Å². The molecule has 0 nitrogen and oxygen atoms in total. The molecule has 4 heteroatoms. The van der Waals surface area contributed by atoms with E-state index in [1.165, 1.54) is 18.1 Å². The molecule has 0 aliphatic heterocycles. The first kappa shape index (κ1) is 19.3. The molecule has 0 spiro atoms. The van der Waals surface area contributed by atoms with Gasteiger partial charge in [-0.25, -0.2) is 0 Å². The fourth-order valence-electron chi connectivity index (χ4n) is 2.03. The Balaban J connectivity index is 0.00000162. The minimum atomic E-state index is -1.08. The van der Waals surface area contributed by atoms with Crippen LogP contribution in [-0.4, -0.2) is 3.81 Å². The Morgan fingerprint density at radius 1 is 1.16 bits per heavy atom. The summed E-state index contributed by atoms with van der Waals surface area (Å²) in [4.78, 5) is 0. The SMILES string of the molecule is C[C](C)=[Ti+2]([PH]Cc1ccccc1)[C]1=CC=CC1.[Cl-].[Cl-]. The van der Waals surface area contributed by atoms with E-state index in [0.29, 0.717) is 0 Å². The van der Waals surface area contributed by atoms with Crippen LogP contribution in [0.1, 0.15) is 25.8 Å². The number of halogens is 2. The standard InChI is InChI=1S/C7H8P.C5H5.C3H6.2ClH.Ti/c8-6-7-4-2-1-3-5-7;1-2-4-5-3-1;1-3-2;;;/h1-5,8H,6H2;1-3H,4H2;1-2H3;2*1H;/q-1;;;;;+3/p-2. The summed E-state index contributed by atoms with van der Waals surface area (Å²) < 4.78 is 3.48. The van der Waals surface area contributed by atoms with Crippen molar-refractivity contribution >= 4 is 10.4 Å². The smallest absolute Gasteiger partial charge is 1.00 e. The van der Waals surface area contributed by atoms with Crippen molar-refractivity contribution in [1.29, 1.82) is 0 Å². The summed E-state index contributed by atoms with van der Waals surface area (Å²) >= 11 is -1.08. The van der Waals surface area contributed by atoms with Crippen LogP contribution in [0.3, 0.4) is 0 Å². The van der Waals surface area contributed by atoms with E-state index in [9.17, 15) is 0 Å². The maximum atomic E-state index is 2.38. The molecule has 0 N–H and O–H groups in total. The quantitative estimate of drug-likeness (QED) is 0.457. The maximum absolute atomic E-state index is 2.38. The first-order chi connectivity index (χ1) is 8.27. The van der Waals surface area contributed by atoms with Gasteiger partial charge in [0.15, 0.2) is 0 Å². The zero-order chi connectivity index (χ0) is 12.1. The molecule has 0 aromatic heterocycles. The monoisotopic (exact) mass is 348 g/mol. The van der Waals surface area contributed by atoms with Crippen LogP contribution in [0.15, 0.2) is 52.4 Å². The molecule has 19 heavy (non-hydrogen) atoms. The largest absolute Gasteiger partial charge is 1.00 e. The van der Waals surface area contributed by atoms with Gasteiger partial charge in [-0.2, -0.15) is 0 Å². The van der Waals surface area contributed by atoms with Crippen molar-refractivity contribution in [2.75, 3.05) is 0 Å². The predicted molar refractivity (Wildman–Crippen MR) is 76.7 cm³/mol. The summed E-state index contributed by atoms with van der Waals surface area (Å²) in [5.41, 5.74) is 1.50. The number of hydrogen-bond acceptors (Lipinski definition) is 0. The molecular weight excluding hydrogens is 330 g/mol. The molecule has 1 aliphatic rings. The van der Waals surface area contributed by atoms with Crippen molar-refractivity contribution in [3.05, 3.63) is 58.0 Å². The molecule has 1 atom stereocenters. The van der Waals surface area contributed by atoms with Gasteiger partial charge in [-0.1, -0.05) is 0 Å². The van der Waals surface area contributed by atoms with E-state index in [2.05, 4.69) is 62.4 Å². The molecule has 0 amide bonds. The van der Waals surface area contributed by atoms with Crippen LogP contribution < -0.4 is 24.8 Å². The fourth-order valence-corrected chi connectivity index (χ4v) is 10.4. The Labute approximate surface area is 136 Å². The molecule has 1 aliphatic carbocycles. The second-order valence-electron chi connectivity index (χ2n) is 4.54. The number of hydrogen-bond donors (Lipinski definition) is 0. The third kappa shape index (κ3) is 6.07. The van der Waals surface area contributed by atoms with E-state index in [1.54, 1.807) is 7.69 Å². The van der Waals surface area contributed by atoms with Gasteiger partial charge in [0.05, 0.1) is 0 Å². The first-order valence-electron chi connectivity index (χ1n) is 6.08. The predicted octanol–water partition coefficient (Wildman–Crippen LogP) is -1.54. The Hall–Kier alpha value is 0.294. The first-order valence-corrected chi connectivity index (χ1v) is 11.2. The Morgan fingerprint density at radius 3 is 2.37 bits per heavy atom. The van der Waals surface area contributed by atoms with Gasteiger partial charge >= 0.3 is 112 Å². The minimum absolute atomic E-state index is 0. The van der Waals surface area contributed by atoms with Gasteiger partial charge in [0.1, 0.15) is 0 Å². The third-order valence-corrected chi connectivity index (χ3v) is 12.9. The summed E-state index contributed by atoms with van der Waals surface area (Å²) in [6.07, 6.45) is 9.41. The van der Waals surface area contributed by atoms with Gasteiger partial charge in [0, 0.05) is 0 Å². The fraction of sp³-hybridized carbons (Fsp3) is 0.267. The van der Waals surface area contributed by atoms with Crippen LogP contribution in [-0.2, 0) is 23.1 Å². The van der Waals surface area contributed by atoms with Crippen LogP contribution in [0.4, 0.5) is 0 Å². The summed E-state index contributed by atoms with van der Waals surface area (Å²) in [5.74, 6) is 0. The molecule has 0 radical (unpaired) electrons. The molecule has 102 valence electrons. The van der Waals surface area contributed by atoms with E-state index in [1.807, 2.05) is 0 Å². The van der Waals surface area contributed by atoms with Crippen molar-refractivity contribution in [2.24, 2.45) is 0 Å². The molecule has 1 unspecified atom stereocenters. The number of rotatable bonds is 4. The van der Waals surface area contributed by atoms with Gasteiger partial charge in [-0.3, -0.25) is 0 Å². The van der Waals surface area contributed by atoms with E-state index >= 15 is 0 Å². The molecule has 1 aromatic carbocycles. The van der Waals surface area contributed by atoms with Gasteiger partial charge in [0.2, 0.25) is 0 Å². The zero-order valence-electron chi connectivity index (χ0n) is 11.3. The van der Waals surface area contributed by atoms with Crippen LogP contribution in [0.2, 0.25) is 0 Å². The zero-order valence-corrected chi connectivity index (χ0v) is 15.4. The third-order valence-electron chi connectivity index (χ3n) is 2.90. The van der Waals surface area contributed by atoms with E-state index in [-0.39, 0.29) is 24.8 Å². The Kier molecular flexibility index (Phi) is 10.2.